The number of alkyl halides is 3. The Labute approximate surface area is 189 Å². The summed E-state index contributed by atoms with van der Waals surface area (Å²) in [6, 6.07) is 12.0. The fourth-order valence-electron chi connectivity index (χ4n) is 3.91. The number of amides is 1. The highest BCUT2D eigenvalue weighted by Crippen LogP contribution is 2.37. The number of para-hydroxylation sites is 1. The molecule has 0 N–H and O–H groups in total. The first-order valence-electron chi connectivity index (χ1n) is 10.7. The number of nitro groups is 1. The number of rotatable bonds is 8. The van der Waals surface area contributed by atoms with Crippen LogP contribution in [0.15, 0.2) is 48.5 Å². The largest absolute Gasteiger partial charge is 0.494 e. The lowest BCUT2D eigenvalue weighted by atomic mass is 9.94. The lowest BCUT2D eigenvalue weighted by Crippen LogP contribution is -2.42. The highest BCUT2D eigenvalue weighted by atomic mass is 19.4. The van der Waals surface area contributed by atoms with Crippen molar-refractivity contribution >= 4 is 17.3 Å². The van der Waals surface area contributed by atoms with Crippen molar-refractivity contribution in [2.24, 2.45) is 5.92 Å². The Hall–Kier alpha value is -3.30. The van der Waals surface area contributed by atoms with Gasteiger partial charge in [-0.25, -0.2) is 0 Å². The topological polar surface area (TPSA) is 75.9 Å². The molecular formula is C23H26F3N3O4. The van der Waals surface area contributed by atoms with E-state index in [0.717, 1.165) is 17.9 Å². The van der Waals surface area contributed by atoms with Gasteiger partial charge in [-0.1, -0.05) is 18.2 Å². The first-order chi connectivity index (χ1) is 15.7. The Morgan fingerprint density at radius 3 is 2.45 bits per heavy atom. The number of nitro benzene ring substituents is 1. The lowest BCUT2D eigenvalue weighted by Gasteiger charge is -2.34. The number of carbonyl (C=O) groups excluding carboxylic acids is 1. The van der Waals surface area contributed by atoms with Crippen LogP contribution in [0.25, 0.3) is 0 Å². The molecule has 0 spiro atoms. The smallest absolute Gasteiger partial charge is 0.416 e. The first-order valence-corrected chi connectivity index (χ1v) is 10.7. The monoisotopic (exact) mass is 465 g/mol. The number of piperidine rings is 1. The predicted molar refractivity (Wildman–Crippen MR) is 117 cm³/mol. The molecule has 0 bridgehead atoms. The molecule has 0 saturated carbocycles. The van der Waals surface area contributed by atoms with Crippen LogP contribution in [-0.2, 0) is 11.0 Å². The summed E-state index contributed by atoms with van der Waals surface area (Å²) in [6.45, 7) is 1.73. The summed E-state index contributed by atoms with van der Waals surface area (Å²) >= 11 is 0. The van der Waals surface area contributed by atoms with Gasteiger partial charge in [-0.15, -0.1) is 0 Å². The molecule has 0 unspecified atom stereocenters. The number of anilines is 1. The van der Waals surface area contributed by atoms with Crippen molar-refractivity contribution in [2.45, 2.75) is 25.4 Å². The number of benzene rings is 2. The molecule has 2 aromatic carbocycles. The van der Waals surface area contributed by atoms with Crippen LogP contribution >= 0.6 is 0 Å². The molecule has 1 amide bonds. The van der Waals surface area contributed by atoms with Crippen molar-refractivity contribution in [1.29, 1.82) is 0 Å². The Kier molecular flexibility index (Phi) is 7.78. The minimum atomic E-state index is -4.65. The van der Waals surface area contributed by atoms with Gasteiger partial charge in [-0.2, -0.15) is 13.2 Å². The summed E-state index contributed by atoms with van der Waals surface area (Å²) in [5.41, 5.74) is -1.49. The maximum absolute atomic E-state index is 12.9. The fraction of sp³-hybridized carbons (Fsp3) is 0.435. The third-order valence-electron chi connectivity index (χ3n) is 5.71. The minimum absolute atomic E-state index is 0.00344. The quantitative estimate of drug-likeness (QED) is 0.319. The van der Waals surface area contributed by atoms with Gasteiger partial charge in [0.1, 0.15) is 11.4 Å². The van der Waals surface area contributed by atoms with Crippen molar-refractivity contribution < 1.29 is 27.6 Å². The van der Waals surface area contributed by atoms with Crippen LogP contribution < -0.4 is 9.64 Å². The second kappa shape index (κ2) is 10.5. The highest BCUT2D eigenvalue weighted by molar-refractivity contribution is 5.79. The van der Waals surface area contributed by atoms with Gasteiger partial charge in [0.05, 0.1) is 17.1 Å². The molecule has 0 aliphatic carbocycles. The van der Waals surface area contributed by atoms with Gasteiger partial charge in [-0.3, -0.25) is 14.9 Å². The highest BCUT2D eigenvalue weighted by Gasteiger charge is 2.35. The van der Waals surface area contributed by atoms with Gasteiger partial charge in [0.15, 0.2) is 0 Å². The van der Waals surface area contributed by atoms with E-state index in [1.165, 1.54) is 0 Å². The number of hydrogen-bond acceptors (Lipinski definition) is 5. The summed E-state index contributed by atoms with van der Waals surface area (Å²) in [4.78, 5) is 26.7. The fourth-order valence-corrected chi connectivity index (χ4v) is 3.91. The molecule has 0 atom stereocenters. The van der Waals surface area contributed by atoms with E-state index in [1.807, 2.05) is 30.3 Å². The molecule has 1 heterocycles. The molecule has 0 radical (unpaired) electrons. The number of carbonyl (C=O) groups is 1. The molecule has 7 nitrogen and oxygen atoms in total. The van der Waals surface area contributed by atoms with Crippen LogP contribution in [-0.4, -0.2) is 49.0 Å². The Morgan fingerprint density at radius 1 is 1.18 bits per heavy atom. The number of hydrogen-bond donors (Lipinski definition) is 0. The maximum Gasteiger partial charge on any atom is 0.416 e. The van der Waals surface area contributed by atoms with Gasteiger partial charge in [0.25, 0.3) is 5.69 Å². The van der Waals surface area contributed by atoms with Gasteiger partial charge in [-0.05, 0) is 43.5 Å². The SMILES string of the molecule is CN(CCCOc1ccccc1)C(=O)C1CCN(c2ccc(C(F)(F)F)cc2[N+](=O)[O-])CC1. The van der Waals surface area contributed by atoms with Crippen LogP contribution in [0.5, 0.6) is 5.75 Å². The van der Waals surface area contributed by atoms with Crippen LogP contribution in [0.3, 0.4) is 0 Å². The number of nitrogens with zero attached hydrogens (tertiary/aromatic N) is 3. The van der Waals surface area contributed by atoms with E-state index in [1.54, 1.807) is 16.8 Å². The van der Waals surface area contributed by atoms with Crippen molar-refractivity contribution in [3.63, 3.8) is 0 Å². The zero-order valence-electron chi connectivity index (χ0n) is 18.3. The second-order valence-electron chi connectivity index (χ2n) is 7.99. The van der Waals surface area contributed by atoms with Crippen molar-refractivity contribution in [2.75, 3.05) is 38.2 Å². The number of halogens is 3. The molecular weight excluding hydrogens is 439 g/mol. The molecule has 1 aliphatic heterocycles. The van der Waals surface area contributed by atoms with E-state index in [-0.39, 0.29) is 17.5 Å². The zero-order valence-corrected chi connectivity index (χ0v) is 18.3. The zero-order chi connectivity index (χ0) is 24.0. The molecule has 178 valence electrons. The van der Waals surface area contributed by atoms with Crippen molar-refractivity contribution in [1.82, 2.24) is 4.90 Å². The van der Waals surface area contributed by atoms with Crippen molar-refractivity contribution in [3.05, 3.63) is 64.2 Å². The third kappa shape index (κ3) is 6.36. The summed E-state index contributed by atoms with van der Waals surface area (Å²) < 4.78 is 44.4. The maximum atomic E-state index is 12.9. The average molecular weight is 465 g/mol. The summed E-state index contributed by atoms with van der Waals surface area (Å²) in [6.07, 6.45) is -3.03. The van der Waals surface area contributed by atoms with Gasteiger partial charge in [0.2, 0.25) is 5.91 Å². The standard InChI is InChI=1S/C23H26F3N3O4/c1-27(12-5-15-33-19-6-3-2-4-7-19)22(30)17-10-13-28(14-11-17)20-9-8-18(23(24,25)26)16-21(20)29(31)32/h2-4,6-9,16-17H,5,10-15H2,1H3. The molecule has 1 fully saturated rings. The van der Waals surface area contributed by atoms with E-state index in [2.05, 4.69) is 0 Å². The normalized spacial score (nSPS) is 14.7. The molecule has 10 heteroatoms. The molecule has 1 aliphatic rings. The minimum Gasteiger partial charge on any atom is -0.494 e. The Morgan fingerprint density at radius 2 is 1.85 bits per heavy atom. The molecule has 33 heavy (non-hydrogen) atoms. The summed E-state index contributed by atoms with van der Waals surface area (Å²) in [5, 5.41) is 11.4. The second-order valence-corrected chi connectivity index (χ2v) is 7.99. The van der Waals surface area contributed by atoms with Crippen LogP contribution in [0.4, 0.5) is 24.5 Å². The predicted octanol–water partition coefficient (Wildman–Crippen LogP) is 4.76. The van der Waals surface area contributed by atoms with Crippen LogP contribution in [0, 0.1) is 16.0 Å². The Bertz CT molecular complexity index is 961. The third-order valence-corrected chi connectivity index (χ3v) is 5.71. The van der Waals surface area contributed by atoms with E-state index >= 15 is 0 Å². The van der Waals surface area contributed by atoms with E-state index in [9.17, 15) is 28.1 Å². The van der Waals surface area contributed by atoms with Crippen LogP contribution in [0.2, 0.25) is 0 Å². The van der Waals surface area contributed by atoms with E-state index in [0.29, 0.717) is 51.6 Å². The van der Waals surface area contributed by atoms with E-state index < -0.39 is 22.4 Å². The molecule has 3 rings (SSSR count). The molecule has 1 saturated heterocycles. The van der Waals surface area contributed by atoms with Crippen LogP contribution in [0.1, 0.15) is 24.8 Å². The molecule has 0 aromatic heterocycles. The first kappa shape index (κ1) is 24.3. The average Bonchev–Trinajstić information content (AvgIpc) is 2.81. The van der Waals surface area contributed by atoms with Gasteiger partial charge < -0.3 is 14.5 Å². The number of ether oxygens (including phenoxy) is 1. The summed E-state index contributed by atoms with van der Waals surface area (Å²) in [5.74, 6) is 0.544. The lowest BCUT2D eigenvalue weighted by molar-refractivity contribution is -0.384. The van der Waals surface area contributed by atoms with Gasteiger partial charge >= 0.3 is 6.18 Å². The summed E-state index contributed by atoms with van der Waals surface area (Å²) in [7, 11) is 1.73. The Balaban J connectivity index is 1.51. The van der Waals surface area contributed by atoms with Gasteiger partial charge in [0, 0.05) is 38.7 Å². The van der Waals surface area contributed by atoms with E-state index in [4.69, 9.17) is 4.74 Å². The molecule has 2 aromatic rings. The van der Waals surface area contributed by atoms with Crippen molar-refractivity contribution in [3.8, 4) is 5.75 Å².